The first kappa shape index (κ1) is 23.9. The molecule has 4 heteroatoms. The molecule has 1 unspecified atom stereocenters. The topological polar surface area (TPSA) is 9.23 Å². The molecular weight excluding hydrogens is 433 g/mol. The zero-order valence-electron chi connectivity index (χ0n) is 19.6. The number of allylic oxidation sites excluding steroid dienone is 4. The van der Waals surface area contributed by atoms with E-state index in [4.69, 9.17) is 4.74 Å². The van der Waals surface area contributed by atoms with Gasteiger partial charge in [0, 0.05) is 11.1 Å². The Hall–Kier alpha value is -3.27. The molecule has 0 fully saturated rings. The summed E-state index contributed by atoms with van der Waals surface area (Å²) in [6.07, 6.45) is 12.0. The van der Waals surface area contributed by atoms with Crippen LogP contribution in [-0.4, -0.2) is 7.11 Å². The third-order valence-corrected chi connectivity index (χ3v) is 6.61. The van der Waals surface area contributed by atoms with E-state index in [-0.39, 0.29) is 17.1 Å². The van der Waals surface area contributed by atoms with Crippen molar-refractivity contribution in [1.29, 1.82) is 0 Å². The zero-order chi connectivity index (χ0) is 24.1. The Labute approximate surface area is 199 Å². The Bertz CT molecular complexity index is 1210. The van der Waals surface area contributed by atoms with Crippen LogP contribution in [0.15, 0.2) is 72.8 Å². The van der Waals surface area contributed by atoms with Gasteiger partial charge in [0.15, 0.2) is 11.6 Å². The minimum absolute atomic E-state index is 0.133. The first-order valence-corrected chi connectivity index (χ1v) is 11.7. The molecule has 176 valence electrons. The van der Waals surface area contributed by atoms with Crippen LogP contribution < -0.4 is 4.74 Å². The zero-order valence-corrected chi connectivity index (χ0v) is 19.6. The summed E-state index contributed by atoms with van der Waals surface area (Å²) in [5.74, 6) is -1.72. The predicted octanol–water partition coefficient (Wildman–Crippen LogP) is 8.99. The van der Waals surface area contributed by atoms with Crippen LogP contribution in [0.1, 0.15) is 44.6 Å². The highest BCUT2D eigenvalue weighted by atomic mass is 19.2. The summed E-state index contributed by atoms with van der Waals surface area (Å²) in [6, 6.07) is 15.0. The average Bonchev–Trinajstić information content (AvgIpc) is 2.86. The van der Waals surface area contributed by atoms with E-state index in [1.807, 2.05) is 13.0 Å². The quantitative estimate of drug-likeness (QED) is 0.318. The standard InChI is InChI=1S/C30H29F3O/c1-3-4-5-6-20-7-9-21(10-8-20)24-15-16-25(27(31)19-24)22-11-13-23(14-12-22)26-17-18-28(34-2)30(33)29(26)32/h3-4,9,11-20H,5-8,10H2,1-2H3/b4-3+. The largest absolute Gasteiger partial charge is 0.494 e. The van der Waals surface area contributed by atoms with E-state index in [0.29, 0.717) is 22.6 Å². The second kappa shape index (κ2) is 10.8. The molecule has 0 heterocycles. The summed E-state index contributed by atoms with van der Waals surface area (Å²) in [4.78, 5) is 0. The molecular formula is C30H29F3O. The summed E-state index contributed by atoms with van der Waals surface area (Å²) in [6.45, 7) is 2.05. The summed E-state index contributed by atoms with van der Waals surface area (Å²) >= 11 is 0. The summed E-state index contributed by atoms with van der Waals surface area (Å²) in [5.41, 5.74) is 3.95. The van der Waals surface area contributed by atoms with Gasteiger partial charge in [0.05, 0.1) is 7.11 Å². The van der Waals surface area contributed by atoms with Crippen LogP contribution in [0, 0.1) is 23.4 Å². The van der Waals surface area contributed by atoms with Crippen LogP contribution in [0.2, 0.25) is 0 Å². The Morgan fingerprint density at radius 2 is 1.56 bits per heavy atom. The van der Waals surface area contributed by atoms with Crippen molar-refractivity contribution in [2.75, 3.05) is 7.11 Å². The van der Waals surface area contributed by atoms with Crippen LogP contribution in [0.3, 0.4) is 0 Å². The van der Waals surface area contributed by atoms with Crippen molar-refractivity contribution in [1.82, 2.24) is 0 Å². The molecule has 0 spiro atoms. The van der Waals surface area contributed by atoms with E-state index < -0.39 is 11.6 Å². The second-order valence-electron chi connectivity index (χ2n) is 8.73. The van der Waals surface area contributed by atoms with Crippen molar-refractivity contribution >= 4 is 5.57 Å². The number of hydrogen-bond acceptors (Lipinski definition) is 1. The second-order valence-corrected chi connectivity index (χ2v) is 8.73. The lowest BCUT2D eigenvalue weighted by molar-refractivity contribution is 0.372. The highest BCUT2D eigenvalue weighted by Crippen LogP contribution is 2.35. The van der Waals surface area contributed by atoms with E-state index in [0.717, 1.165) is 31.2 Å². The molecule has 0 N–H and O–H groups in total. The SMILES string of the molecule is C/C=C/CCC1CC=C(c2ccc(-c3ccc(-c4ccc(OC)c(F)c4F)cc3)c(F)c2)CC1. The van der Waals surface area contributed by atoms with Gasteiger partial charge < -0.3 is 4.74 Å². The molecule has 0 aromatic heterocycles. The Morgan fingerprint density at radius 1 is 0.882 bits per heavy atom. The van der Waals surface area contributed by atoms with Crippen LogP contribution in [0.5, 0.6) is 5.75 Å². The highest BCUT2D eigenvalue weighted by Gasteiger charge is 2.17. The Kier molecular flexibility index (Phi) is 7.56. The lowest BCUT2D eigenvalue weighted by Crippen LogP contribution is -2.05. The van der Waals surface area contributed by atoms with E-state index in [1.165, 1.54) is 31.2 Å². The van der Waals surface area contributed by atoms with E-state index in [2.05, 4.69) is 18.2 Å². The maximum Gasteiger partial charge on any atom is 0.201 e. The van der Waals surface area contributed by atoms with Gasteiger partial charge in [-0.3, -0.25) is 0 Å². The lowest BCUT2D eigenvalue weighted by Gasteiger charge is -2.22. The maximum absolute atomic E-state index is 15.0. The first-order chi connectivity index (χ1) is 16.5. The molecule has 3 aromatic carbocycles. The van der Waals surface area contributed by atoms with Crippen molar-refractivity contribution < 1.29 is 17.9 Å². The maximum atomic E-state index is 15.0. The van der Waals surface area contributed by atoms with Gasteiger partial charge >= 0.3 is 0 Å². The molecule has 0 aliphatic heterocycles. The molecule has 0 saturated carbocycles. The molecule has 34 heavy (non-hydrogen) atoms. The highest BCUT2D eigenvalue weighted by molar-refractivity contribution is 5.74. The van der Waals surface area contributed by atoms with Gasteiger partial charge in [0.2, 0.25) is 5.82 Å². The van der Waals surface area contributed by atoms with E-state index in [9.17, 15) is 8.78 Å². The molecule has 1 atom stereocenters. The fourth-order valence-corrected chi connectivity index (χ4v) is 4.60. The number of halogens is 3. The van der Waals surface area contributed by atoms with Crippen LogP contribution >= 0.6 is 0 Å². The van der Waals surface area contributed by atoms with Gasteiger partial charge in [0.25, 0.3) is 0 Å². The number of rotatable bonds is 7. The molecule has 1 aliphatic rings. The van der Waals surface area contributed by atoms with Crippen LogP contribution in [-0.2, 0) is 0 Å². The minimum atomic E-state index is -1.02. The van der Waals surface area contributed by atoms with Gasteiger partial charge in [-0.2, -0.15) is 4.39 Å². The molecule has 0 amide bonds. The third-order valence-electron chi connectivity index (χ3n) is 6.61. The Morgan fingerprint density at radius 3 is 2.18 bits per heavy atom. The summed E-state index contributed by atoms with van der Waals surface area (Å²) < 4.78 is 48.4. The van der Waals surface area contributed by atoms with Gasteiger partial charge in [-0.1, -0.05) is 54.6 Å². The van der Waals surface area contributed by atoms with Gasteiger partial charge in [-0.05, 0) is 85.4 Å². The molecule has 3 aromatic rings. The monoisotopic (exact) mass is 462 g/mol. The molecule has 1 nitrogen and oxygen atoms in total. The number of benzene rings is 3. The predicted molar refractivity (Wildman–Crippen MR) is 133 cm³/mol. The van der Waals surface area contributed by atoms with Crippen molar-refractivity contribution in [3.8, 4) is 28.0 Å². The molecule has 4 rings (SSSR count). The molecule has 1 aliphatic carbocycles. The summed E-state index contributed by atoms with van der Waals surface area (Å²) in [7, 11) is 1.29. The number of hydrogen-bond donors (Lipinski definition) is 0. The third kappa shape index (κ3) is 5.11. The van der Waals surface area contributed by atoms with E-state index >= 15 is 4.39 Å². The van der Waals surface area contributed by atoms with E-state index in [1.54, 1.807) is 36.4 Å². The number of methoxy groups -OCH3 is 1. The minimum Gasteiger partial charge on any atom is -0.494 e. The molecule has 0 bridgehead atoms. The normalized spacial score (nSPS) is 16.0. The van der Waals surface area contributed by atoms with Crippen molar-refractivity contribution in [3.63, 3.8) is 0 Å². The van der Waals surface area contributed by atoms with Crippen molar-refractivity contribution in [3.05, 3.63) is 95.8 Å². The van der Waals surface area contributed by atoms with Gasteiger partial charge in [0.1, 0.15) is 5.82 Å². The average molecular weight is 463 g/mol. The van der Waals surface area contributed by atoms with Gasteiger partial charge in [-0.15, -0.1) is 0 Å². The fraction of sp³-hybridized carbons (Fsp3) is 0.267. The van der Waals surface area contributed by atoms with Gasteiger partial charge in [-0.25, -0.2) is 8.78 Å². The van der Waals surface area contributed by atoms with Crippen molar-refractivity contribution in [2.45, 2.75) is 39.0 Å². The fourth-order valence-electron chi connectivity index (χ4n) is 4.60. The Balaban J connectivity index is 1.50. The lowest BCUT2D eigenvalue weighted by atomic mass is 9.84. The number of ether oxygens (including phenoxy) is 1. The molecule has 0 saturated heterocycles. The van der Waals surface area contributed by atoms with Crippen molar-refractivity contribution in [2.24, 2.45) is 5.92 Å². The van der Waals surface area contributed by atoms with Crippen LogP contribution in [0.4, 0.5) is 13.2 Å². The summed E-state index contributed by atoms with van der Waals surface area (Å²) in [5, 5.41) is 0. The molecule has 0 radical (unpaired) electrons. The van der Waals surface area contributed by atoms with Crippen LogP contribution in [0.25, 0.3) is 27.8 Å². The smallest absolute Gasteiger partial charge is 0.201 e. The first-order valence-electron chi connectivity index (χ1n) is 11.7.